The first-order valence-corrected chi connectivity index (χ1v) is 7.16. The number of hydrogen-bond acceptors (Lipinski definition) is 3. The first-order valence-electron chi connectivity index (χ1n) is 7.16. The van der Waals surface area contributed by atoms with Gasteiger partial charge in [-0.25, -0.2) is 4.39 Å². The zero-order valence-corrected chi connectivity index (χ0v) is 11.8. The number of para-hydroxylation sites is 1. The topological polar surface area (TPSA) is 18.8 Å². The third kappa shape index (κ3) is 3.40. The van der Waals surface area contributed by atoms with Crippen molar-refractivity contribution in [1.82, 2.24) is 5.01 Å². The second kappa shape index (κ2) is 6.39. The van der Waals surface area contributed by atoms with E-state index in [0.29, 0.717) is 5.56 Å². The van der Waals surface area contributed by atoms with Crippen LogP contribution in [0, 0.1) is 5.82 Å². The second-order valence-corrected chi connectivity index (χ2v) is 5.04. The molecule has 1 heterocycles. The van der Waals surface area contributed by atoms with Gasteiger partial charge in [-0.2, -0.15) is 5.10 Å². The molecule has 0 atom stereocenters. The maximum absolute atomic E-state index is 13.5. The van der Waals surface area contributed by atoms with Crippen LogP contribution in [0.2, 0.25) is 0 Å². The molecule has 1 aliphatic rings. The van der Waals surface area contributed by atoms with Crippen LogP contribution in [0.1, 0.15) is 5.56 Å². The summed E-state index contributed by atoms with van der Waals surface area (Å²) in [6, 6.07) is 17.1. The lowest BCUT2D eigenvalue weighted by atomic mass is 10.2. The Kier molecular flexibility index (Phi) is 4.15. The molecule has 4 heteroatoms. The summed E-state index contributed by atoms with van der Waals surface area (Å²) in [5.74, 6) is -0.232. The summed E-state index contributed by atoms with van der Waals surface area (Å²) in [4.78, 5) is 2.34. The van der Waals surface area contributed by atoms with Crippen LogP contribution in [0.5, 0.6) is 0 Å². The molecule has 0 aliphatic carbocycles. The predicted octanol–water partition coefficient (Wildman–Crippen LogP) is 2.98. The van der Waals surface area contributed by atoms with Crippen molar-refractivity contribution >= 4 is 11.9 Å². The highest BCUT2D eigenvalue weighted by atomic mass is 19.1. The van der Waals surface area contributed by atoms with Crippen molar-refractivity contribution in [3.8, 4) is 0 Å². The fourth-order valence-corrected chi connectivity index (χ4v) is 2.43. The van der Waals surface area contributed by atoms with Crippen LogP contribution in [0.3, 0.4) is 0 Å². The lowest BCUT2D eigenvalue weighted by Gasteiger charge is -2.34. The second-order valence-electron chi connectivity index (χ2n) is 5.04. The maximum atomic E-state index is 13.5. The highest BCUT2D eigenvalue weighted by Gasteiger charge is 2.15. The number of nitrogens with zero attached hydrogens (tertiary/aromatic N) is 3. The molecule has 108 valence electrons. The summed E-state index contributed by atoms with van der Waals surface area (Å²) in [6.07, 6.45) is 1.60. The van der Waals surface area contributed by atoms with Crippen molar-refractivity contribution < 1.29 is 4.39 Å². The zero-order chi connectivity index (χ0) is 14.5. The Morgan fingerprint density at radius 3 is 2.24 bits per heavy atom. The number of benzene rings is 2. The van der Waals surface area contributed by atoms with Crippen molar-refractivity contribution in [3.05, 3.63) is 66.0 Å². The quantitative estimate of drug-likeness (QED) is 0.806. The third-order valence-electron chi connectivity index (χ3n) is 3.64. The molecule has 0 radical (unpaired) electrons. The molecule has 0 spiro atoms. The fourth-order valence-electron chi connectivity index (χ4n) is 2.43. The van der Waals surface area contributed by atoms with Gasteiger partial charge < -0.3 is 4.90 Å². The molecule has 2 aromatic rings. The largest absolute Gasteiger partial charge is 0.368 e. The van der Waals surface area contributed by atoms with E-state index in [2.05, 4.69) is 34.3 Å². The van der Waals surface area contributed by atoms with Gasteiger partial charge in [0.15, 0.2) is 0 Å². The Balaban J connectivity index is 1.58. The van der Waals surface area contributed by atoms with Gasteiger partial charge in [-0.05, 0) is 18.2 Å². The van der Waals surface area contributed by atoms with Gasteiger partial charge >= 0.3 is 0 Å². The Labute approximate surface area is 124 Å². The van der Waals surface area contributed by atoms with Crippen molar-refractivity contribution in [3.63, 3.8) is 0 Å². The van der Waals surface area contributed by atoms with Crippen LogP contribution in [0.15, 0.2) is 59.7 Å². The van der Waals surface area contributed by atoms with Gasteiger partial charge in [0.1, 0.15) is 5.82 Å². The fraction of sp³-hybridized carbons (Fsp3) is 0.235. The number of piperazine rings is 1. The summed E-state index contributed by atoms with van der Waals surface area (Å²) < 4.78 is 13.5. The monoisotopic (exact) mass is 283 g/mol. The van der Waals surface area contributed by atoms with E-state index in [1.54, 1.807) is 18.3 Å². The molecule has 0 aromatic heterocycles. The van der Waals surface area contributed by atoms with Crippen LogP contribution >= 0.6 is 0 Å². The molecule has 0 amide bonds. The van der Waals surface area contributed by atoms with Gasteiger partial charge in [0.25, 0.3) is 0 Å². The summed E-state index contributed by atoms with van der Waals surface area (Å²) in [7, 11) is 0. The molecule has 3 rings (SSSR count). The number of halogens is 1. The summed E-state index contributed by atoms with van der Waals surface area (Å²) in [5, 5.41) is 6.38. The lowest BCUT2D eigenvalue weighted by Crippen LogP contribution is -2.44. The van der Waals surface area contributed by atoms with E-state index in [9.17, 15) is 4.39 Å². The molecule has 2 aromatic carbocycles. The Hall–Kier alpha value is -2.36. The Morgan fingerprint density at radius 1 is 0.857 bits per heavy atom. The van der Waals surface area contributed by atoms with Crippen molar-refractivity contribution in [2.75, 3.05) is 31.1 Å². The average Bonchev–Trinajstić information content (AvgIpc) is 2.55. The SMILES string of the molecule is Fc1ccccc1/C=N/N1CCN(c2ccccc2)CC1. The van der Waals surface area contributed by atoms with Gasteiger partial charge in [-0.3, -0.25) is 5.01 Å². The molecule has 0 bridgehead atoms. The van der Waals surface area contributed by atoms with Gasteiger partial charge in [-0.15, -0.1) is 0 Å². The van der Waals surface area contributed by atoms with Crippen molar-refractivity contribution in [1.29, 1.82) is 0 Å². The van der Waals surface area contributed by atoms with Crippen LogP contribution < -0.4 is 4.90 Å². The molecule has 3 nitrogen and oxygen atoms in total. The first-order chi connectivity index (χ1) is 10.3. The van der Waals surface area contributed by atoms with Crippen LogP contribution in [-0.4, -0.2) is 37.4 Å². The standard InChI is InChI=1S/C17H18FN3/c18-17-9-5-4-6-15(17)14-19-21-12-10-20(11-13-21)16-7-2-1-3-8-16/h1-9,14H,10-13H2/b19-14+. The molecular weight excluding hydrogens is 265 g/mol. The van der Waals surface area contributed by atoms with E-state index in [1.807, 2.05) is 17.1 Å². The minimum atomic E-state index is -0.232. The lowest BCUT2D eigenvalue weighted by molar-refractivity contribution is 0.272. The van der Waals surface area contributed by atoms with E-state index in [0.717, 1.165) is 26.2 Å². The third-order valence-corrected chi connectivity index (χ3v) is 3.64. The highest BCUT2D eigenvalue weighted by Crippen LogP contribution is 2.15. The van der Waals surface area contributed by atoms with E-state index < -0.39 is 0 Å². The minimum Gasteiger partial charge on any atom is -0.368 e. The smallest absolute Gasteiger partial charge is 0.132 e. The van der Waals surface area contributed by atoms with Crippen LogP contribution in [-0.2, 0) is 0 Å². The molecule has 0 N–H and O–H groups in total. The van der Waals surface area contributed by atoms with Crippen LogP contribution in [0.4, 0.5) is 10.1 Å². The van der Waals surface area contributed by atoms with Gasteiger partial charge in [0, 0.05) is 24.3 Å². The molecular formula is C17H18FN3. The molecule has 0 unspecified atom stereocenters. The van der Waals surface area contributed by atoms with Gasteiger partial charge in [0.05, 0.1) is 19.3 Å². The Morgan fingerprint density at radius 2 is 1.52 bits per heavy atom. The first kappa shape index (κ1) is 13.6. The number of hydrazone groups is 1. The molecule has 21 heavy (non-hydrogen) atoms. The number of rotatable bonds is 3. The van der Waals surface area contributed by atoms with Gasteiger partial charge in [-0.1, -0.05) is 36.4 Å². The molecule has 0 saturated carbocycles. The van der Waals surface area contributed by atoms with Gasteiger partial charge in [0.2, 0.25) is 0 Å². The zero-order valence-electron chi connectivity index (χ0n) is 11.8. The minimum absolute atomic E-state index is 0.232. The normalized spacial score (nSPS) is 15.7. The van der Waals surface area contributed by atoms with E-state index in [1.165, 1.54) is 11.8 Å². The number of hydrogen-bond donors (Lipinski definition) is 0. The van der Waals surface area contributed by atoms with Crippen molar-refractivity contribution in [2.45, 2.75) is 0 Å². The predicted molar refractivity (Wildman–Crippen MR) is 84.2 cm³/mol. The summed E-state index contributed by atoms with van der Waals surface area (Å²) >= 11 is 0. The molecule has 1 fully saturated rings. The maximum Gasteiger partial charge on any atom is 0.132 e. The van der Waals surface area contributed by atoms with Crippen molar-refractivity contribution in [2.24, 2.45) is 5.10 Å². The molecule has 1 saturated heterocycles. The average molecular weight is 283 g/mol. The van der Waals surface area contributed by atoms with E-state index >= 15 is 0 Å². The Bertz CT molecular complexity index is 604. The van der Waals surface area contributed by atoms with Crippen LogP contribution in [0.25, 0.3) is 0 Å². The summed E-state index contributed by atoms with van der Waals surface area (Å²) in [5.41, 5.74) is 1.78. The molecule has 1 aliphatic heterocycles. The van der Waals surface area contributed by atoms with E-state index in [-0.39, 0.29) is 5.82 Å². The number of anilines is 1. The van der Waals surface area contributed by atoms with E-state index in [4.69, 9.17) is 0 Å². The summed E-state index contributed by atoms with van der Waals surface area (Å²) in [6.45, 7) is 3.55. The highest BCUT2D eigenvalue weighted by molar-refractivity contribution is 5.79.